The van der Waals surface area contributed by atoms with Gasteiger partial charge in [0.15, 0.2) is 0 Å². The summed E-state index contributed by atoms with van der Waals surface area (Å²) < 4.78 is 0. The summed E-state index contributed by atoms with van der Waals surface area (Å²) in [5.74, 6) is -0.731. The SMILES string of the molecule is CC1CN([C@H](c2ccccc2)c2cccc(-c3cccs3)c2)CCN1C(C(=O)O)C(C)(C)C. The number of carboxylic acid groups (broad SMARTS) is 1. The second-order valence-electron chi connectivity index (χ2n) is 10.1. The zero-order chi connectivity index (χ0) is 23.6. The molecule has 4 nitrogen and oxygen atoms in total. The molecule has 4 rings (SSSR count). The lowest BCUT2D eigenvalue weighted by atomic mass is 9.84. The monoisotopic (exact) mass is 462 g/mol. The molecule has 1 saturated heterocycles. The van der Waals surface area contributed by atoms with Gasteiger partial charge in [-0.15, -0.1) is 11.3 Å². The standard InChI is InChI=1S/C28H34N2O2S/c1-20-19-29(15-16-30(20)26(27(31)32)28(2,3)4)25(21-10-6-5-7-11-21)23-13-8-12-22(18-23)24-14-9-17-33-24/h5-14,17-18,20,25-26H,15-16,19H2,1-4H3,(H,31,32)/t20?,25-,26?/m1/s1. The number of carbonyl (C=O) groups is 1. The Bertz CT molecular complexity index is 1060. The van der Waals surface area contributed by atoms with Gasteiger partial charge in [0.2, 0.25) is 0 Å². The van der Waals surface area contributed by atoms with Crippen molar-refractivity contribution in [3.8, 4) is 10.4 Å². The van der Waals surface area contributed by atoms with Crippen LogP contribution >= 0.6 is 11.3 Å². The van der Waals surface area contributed by atoms with E-state index in [1.54, 1.807) is 11.3 Å². The number of aliphatic carboxylic acids is 1. The second-order valence-corrected chi connectivity index (χ2v) is 11.1. The Hall–Kier alpha value is -2.47. The number of benzene rings is 2. The predicted octanol–water partition coefficient (Wildman–Crippen LogP) is 6.01. The molecular formula is C28H34N2O2S. The average molecular weight is 463 g/mol. The molecule has 1 fully saturated rings. The van der Waals surface area contributed by atoms with Gasteiger partial charge in [0.25, 0.3) is 0 Å². The van der Waals surface area contributed by atoms with Crippen molar-refractivity contribution in [2.24, 2.45) is 5.41 Å². The van der Waals surface area contributed by atoms with Crippen LogP contribution in [0.1, 0.15) is 44.9 Å². The van der Waals surface area contributed by atoms with E-state index in [4.69, 9.17) is 0 Å². The highest BCUT2D eigenvalue weighted by Crippen LogP contribution is 2.35. The molecule has 0 amide bonds. The quantitative estimate of drug-likeness (QED) is 0.487. The van der Waals surface area contributed by atoms with Gasteiger partial charge in [-0.3, -0.25) is 14.6 Å². The fraction of sp³-hybridized carbons (Fsp3) is 0.393. The number of thiophene rings is 1. The van der Waals surface area contributed by atoms with Crippen LogP contribution in [0.2, 0.25) is 0 Å². The van der Waals surface area contributed by atoms with E-state index in [0.29, 0.717) is 0 Å². The molecule has 0 aliphatic carbocycles. The molecule has 0 spiro atoms. The van der Waals surface area contributed by atoms with Crippen molar-refractivity contribution in [1.82, 2.24) is 9.80 Å². The molecule has 1 aliphatic heterocycles. The van der Waals surface area contributed by atoms with Gasteiger partial charge >= 0.3 is 5.97 Å². The van der Waals surface area contributed by atoms with Gasteiger partial charge in [-0.2, -0.15) is 0 Å². The molecule has 0 bridgehead atoms. The molecule has 2 heterocycles. The van der Waals surface area contributed by atoms with E-state index in [-0.39, 0.29) is 17.5 Å². The Labute approximate surface area is 201 Å². The van der Waals surface area contributed by atoms with Crippen molar-refractivity contribution < 1.29 is 9.90 Å². The maximum Gasteiger partial charge on any atom is 0.321 e. The molecule has 3 atom stereocenters. The van der Waals surface area contributed by atoms with E-state index < -0.39 is 12.0 Å². The van der Waals surface area contributed by atoms with Crippen LogP contribution in [0.25, 0.3) is 10.4 Å². The molecule has 5 heteroatoms. The molecular weight excluding hydrogens is 428 g/mol. The fourth-order valence-corrected chi connectivity index (χ4v) is 5.91. The summed E-state index contributed by atoms with van der Waals surface area (Å²) in [7, 11) is 0. The van der Waals surface area contributed by atoms with Crippen molar-refractivity contribution >= 4 is 17.3 Å². The molecule has 1 aromatic heterocycles. The molecule has 1 aliphatic rings. The van der Waals surface area contributed by atoms with Crippen molar-refractivity contribution in [2.45, 2.75) is 45.8 Å². The van der Waals surface area contributed by atoms with Crippen LogP contribution in [-0.4, -0.2) is 52.6 Å². The first-order valence-corrected chi connectivity index (χ1v) is 12.5. The molecule has 2 aromatic carbocycles. The highest BCUT2D eigenvalue weighted by atomic mass is 32.1. The maximum atomic E-state index is 12.1. The Kier molecular flexibility index (Phi) is 7.03. The van der Waals surface area contributed by atoms with Crippen LogP contribution in [0.5, 0.6) is 0 Å². The first-order valence-electron chi connectivity index (χ1n) is 11.7. The second kappa shape index (κ2) is 9.80. The first-order chi connectivity index (χ1) is 15.8. The third-order valence-electron chi connectivity index (χ3n) is 6.58. The third kappa shape index (κ3) is 5.21. The van der Waals surface area contributed by atoms with E-state index in [0.717, 1.165) is 19.6 Å². The van der Waals surface area contributed by atoms with E-state index in [1.807, 2.05) is 20.8 Å². The van der Waals surface area contributed by atoms with E-state index in [9.17, 15) is 9.90 Å². The topological polar surface area (TPSA) is 43.8 Å². The summed E-state index contributed by atoms with van der Waals surface area (Å²) in [5.41, 5.74) is 3.47. The van der Waals surface area contributed by atoms with Gasteiger partial charge in [-0.1, -0.05) is 75.4 Å². The highest BCUT2D eigenvalue weighted by molar-refractivity contribution is 7.13. The van der Waals surface area contributed by atoms with Crippen LogP contribution < -0.4 is 0 Å². The van der Waals surface area contributed by atoms with Gasteiger partial charge in [-0.25, -0.2) is 0 Å². The summed E-state index contributed by atoms with van der Waals surface area (Å²) in [5, 5.41) is 12.1. The Balaban J connectivity index is 1.65. The minimum absolute atomic E-state index is 0.133. The Morgan fingerprint density at radius 3 is 2.33 bits per heavy atom. The van der Waals surface area contributed by atoms with Crippen LogP contribution in [0.15, 0.2) is 72.1 Å². The minimum Gasteiger partial charge on any atom is -0.480 e. The number of rotatable bonds is 6. The molecule has 174 valence electrons. The first kappa shape index (κ1) is 23.7. The molecule has 33 heavy (non-hydrogen) atoms. The number of hydrogen-bond donors (Lipinski definition) is 1. The molecule has 1 N–H and O–H groups in total. The van der Waals surface area contributed by atoms with Gasteiger partial charge in [-0.05, 0) is 46.5 Å². The van der Waals surface area contributed by atoms with Crippen LogP contribution in [0.4, 0.5) is 0 Å². The van der Waals surface area contributed by atoms with Crippen molar-refractivity contribution in [1.29, 1.82) is 0 Å². The zero-order valence-electron chi connectivity index (χ0n) is 19.9. The Morgan fingerprint density at radius 2 is 1.73 bits per heavy atom. The number of hydrogen-bond acceptors (Lipinski definition) is 4. The third-order valence-corrected chi connectivity index (χ3v) is 7.50. The van der Waals surface area contributed by atoms with Gasteiger partial charge in [0.1, 0.15) is 6.04 Å². The lowest BCUT2D eigenvalue weighted by Gasteiger charge is -2.48. The van der Waals surface area contributed by atoms with Gasteiger partial charge < -0.3 is 5.11 Å². The Morgan fingerprint density at radius 1 is 1.00 bits per heavy atom. The van der Waals surface area contributed by atoms with E-state index in [1.165, 1.54) is 21.6 Å². The number of piperazine rings is 1. The number of nitrogens with zero attached hydrogens (tertiary/aromatic N) is 2. The maximum absolute atomic E-state index is 12.1. The van der Waals surface area contributed by atoms with Crippen LogP contribution in [0.3, 0.4) is 0 Å². The minimum atomic E-state index is -0.731. The normalized spacial score (nSPS) is 19.8. The molecule has 3 aromatic rings. The van der Waals surface area contributed by atoms with Crippen LogP contribution in [-0.2, 0) is 4.79 Å². The lowest BCUT2D eigenvalue weighted by Crippen LogP contribution is -2.61. The molecule has 0 saturated carbocycles. The smallest absolute Gasteiger partial charge is 0.321 e. The lowest BCUT2D eigenvalue weighted by molar-refractivity contribution is -0.150. The van der Waals surface area contributed by atoms with Gasteiger partial charge in [0.05, 0.1) is 6.04 Å². The predicted molar refractivity (Wildman–Crippen MR) is 137 cm³/mol. The summed E-state index contributed by atoms with van der Waals surface area (Å²) in [6, 6.07) is 23.6. The molecule has 2 unspecified atom stereocenters. The van der Waals surface area contributed by atoms with Gasteiger partial charge in [0, 0.05) is 30.6 Å². The van der Waals surface area contributed by atoms with Crippen molar-refractivity contribution in [3.05, 3.63) is 83.2 Å². The van der Waals surface area contributed by atoms with E-state index in [2.05, 4.69) is 88.8 Å². The summed E-state index contributed by atoms with van der Waals surface area (Å²) in [6.45, 7) is 10.6. The van der Waals surface area contributed by atoms with E-state index >= 15 is 0 Å². The zero-order valence-corrected chi connectivity index (χ0v) is 20.8. The van der Waals surface area contributed by atoms with Crippen molar-refractivity contribution in [3.63, 3.8) is 0 Å². The summed E-state index contributed by atoms with van der Waals surface area (Å²) in [6.07, 6.45) is 0. The summed E-state index contributed by atoms with van der Waals surface area (Å²) >= 11 is 1.76. The highest BCUT2D eigenvalue weighted by Gasteiger charge is 2.41. The van der Waals surface area contributed by atoms with Crippen molar-refractivity contribution in [2.75, 3.05) is 19.6 Å². The largest absolute Gasteiger partial charge is 0.480 e. The number of carboxylic acids is 1. The van der Waals surface area contributed by atoms with Crippen LogP contribution in [0, 0.1) is 5.41 Å². The average Bonchev–Trinajstić information content (AvgIpc) is 3.31. The molecule has 0 radical (unpaired) electrons. The fourth-order valence-electron chi connectivity index (χ4n) is 5.18. The summed E-state index contributed by atoms with van der Waals surface area (Å²) in [4.78, 5) is 18.1.